The van der Waals surface area contributed by atoms with Crippen LogP contribution in [0.15, 0.2) is 0 Å². The molecule has 0 heterocycles. The first-order chi connectivity index (χ1) is 13.1. The zero-order valence-corrected chi connectivity index (χ0v) is 18.1. The summed E-state index contributed by atoms with van der Waals surface area (Å²) in [5, 5.41) is 27.5. The second kappa shape index (κ2) is 9.57. The van der Waals surface area contributed by atoms with Crippen molar-refractivity contribution in [3.63, 3.8) is 0 Å². The quantitative estimate of drug-likeness (QED) is 0.474. The normalized spacial score (nSPS) is 23.0. The predicted octanol–water partition coefficient (Wildman–Crippen LogP) is 2.66. The van der Waals surface area contributed by atoms with Crippen molar-refractivity contribution in [1.82, 2.24) is 10.6 Å². The number of carbonyl (C=O) groups excluding carboxylic acids is 2. The first-order valence-electron chi connectivity index (χ1n) is 11.1. The van der Waals surface area contributed by atoms with Gasteiger partial charge in [0.15, 0.2) is 0 Å². The average molecular weight is 397 g/mol. The van der Waals surface area contributed by atoms with E-state index in [1.54, 1.807) is 0 Å². The number of carbonyl (C=O) groups is 2. The monoisotopic (exact) mass is 396 g/mol. The van der Waals surface area contributed by atoms with Crippen LogP contribution in [0.5, 0.6) is 0 Å². The Morgan fingerprint density at radius 3 is 1.25 bits per heavy atom. The first-order valence-corrected chi connectivity index (χ1v) is 11.1. The van der Waals surface area contributed by atoms with Crippen LogP contribution in [0.1, 0.15) is 91.9 Å². The van der Waals surface area contributed by atoms with Gasteiger partial charge in [-0.25, -0.2) is 0 Å². The van der Waals surface area contributed by atoms with Gasteiger partial charge < -0.3 is 20.8 Å². The Balaban J connectivity index is 2.04. The molecule has 0 aromatic carbocycles. The summed E-state index contributed by atoms with van der Waals surface area (Å²) in [7, 11) is 0. The number of rotatable bonds is 8. The number of hydrogen-bond donors (Lipinski definition) is 4. The molecule has 6 nitrogen and oxygen atoms in total. The molecule has 28 heavy (non-hydrogen) atoms. The van der Waals surface area contributed by atoms with Gasteiger partial charge in [-0.05, 0) is 50.4 Å². The Labute approximate surface area is 169 Å². The van der Waals surface area contributed by atoms with Crippen molar-refractivity contribution in [3.05, 3.63) is 0 Å². The van der Waals surface area contributed by atoms with Crippen molar-refractivity contribution >= 4 is 11.8 Å². The fraction of sp³-hybridized carbons (Fsp3) is 0.909. The third-order valence-electron chi connectivity index (χ3n) is 6.47. The van der Waals surface area contributed by atoms with Gasteiger partial charge in [-0.1, -0.05) is 53.4 Å². The lowest BCUT2D eigenvalue weighted by atomic mass is 9.86. The van der Waals surface area contributed by atoms with E-state index in [-0.39, 0.29) is 0 Å². The SMILES string of the molecule is CC(C)C[C@@H](NC(=O)C(=O)N[C@H](CC(C)C)C1(O)CCCC1)C1(O)CCCC1. The second-order valence-corrected chi connectivity index (χ2v) is 9.93. The van der Waals surface area contributed by atoms with E-state index in [0.29, 0.717) is 50.4 Å². The molecule has 0 radical (unpaired) electrons. The molecule has 0 aromatic heterocycles. The summed E-state index contributed by atoms with van der Waals surface area (Å²) >= 11 is 0. The summed E-state index contributed by atoms with van der Waals surface area (Å²) in [4.78, 5) is 25.3. The highest BCUT2D eigenvalue weighted by atomic mass is 16.3. The Bertz CT molecular complexity index is 487. The summed E-state index contributed by atoms with van der Waals surface area (Å²) in [5.41, 5.74) is -1.86. The third kappa shape index (κ3) is 5.93. The predicted molar refractivity (Wildman–Crippen MR) is 110 cm³/mol. The van der Waals surface area contributed by atoms with Crippen LogP contribution in [0.4, 0.5) is 0 Å². The van der Waals surface area contributed by atoms with Gasteiger partial charge in [0.05, 0.1) is 23.3 Å². The van der Waals surface area contributed by atoms with E-state index in [2.05, 4.69) is 10.6 Å². The number of amides is 2. The van der Waals surface area contributed by atoms with Crippen LogP contribution in [-0.4, -0.2) is 45.3 Å². The van der Waals surface area contributed by atoms with E-state index in [1.165, 1.54) is 0 Å². The largest absolute Gasteiger partial charge is 0.388 e. The average Bonchev–Trinajstić information content (AvgIpc) is 3.23. The number of nitrogens with one attached hydrogen (secondary N) is 2. The van der Waals surface area contributed by atoms with E-state index < -0.39 is 35.1 Å². The van der Waals surface area contributed by atoms with Crippen molar-refractivity contribution in [2.45, 2.75) is 115 Å². The molecule has 0 aromatic rings. The van der Waals surface area contributed by atoms with Gasteiger partial charge >= 0.3 is 11.8 Å². The molecular formula is C22H40N2O4. The van der Waals surface area contributed by atoms with Gasteiger partial charge in [-0.15, -0.1) is 0 Å². The van der Waals surface area contributed by atoms with Crippen molar-refractivity contribution in [1.29, 1.82) is 0 Å². The molecule has 6 heteroatoms. The van der Waals surface area contributed by atoms with Crippen LogP contribution < -0.4 is 10.6 Å². The minimum Gasteiger partial charge on any atom is -0.388 e. The van der Waals surface area contributed by atoms with E-state index in [4.69, 9.17) is 0 Å². The highest BCUT2D eigenvalue weighted by molar-refractivity contribution is 6.35. The lowest BCUT2D eigenvalue weighted by Crippen LogP contribution is -2.58. The molecule has 162 valence electrons. The lowest BCUT2D eigenvalue weighted by Gasteiger charge is -2.36. The summed E-state index contributed by atoms with van der Waals surface area (Å²) in [6, 6.07) is -0.849. The molecule has 0 unspecified atom stereocenters. The molecule has 2 aliphatic carbocycles. The van der Waals surface area contributed by atoms with Crippen molar-refractivity contribution in [2.24, 2.45) is 11.8 Å². The Kier molecular flexibility index (Phi) is 7.91. The van der Waals surface area contributed by atoms with Crippen LogP contribution in [0.25, 0.3) is 0 Å². The van der Waals surface area contributed by atoms with Gasteiger partial charge in [0.2, 0.25) is 0 Å². The molecule has 2 amide bonds. The van der Waals surface area contributed by atoms with Gasteiger partial charge in [0.25, 0.3) is 0 Å². The number of aliphatic hydroxyl groups is 2. The molecule has 4 N–H and O–H groups in total. The summed E-state index contributed by atoms with van der Waals surface area (Å²) in [6.45, 7) is 8.19. The molecule has 2 rings (SSSR count). The van der Waals surface area contributed by atoms with Crippen LogP contribution >= 0.6 is 0 Å². The molecule has 2 fully saturated rings. The fourth-order valence-electron chi connectivity index (χ4n) is 4.89. The zero-order chi connectivity index (χ0) is 20.9. The van der Waals surface area contributed by atoms with Crippen LogP contribution in [0.3, 0.4) is 0 Å². The van der Waals surface area contributed by atoms with Gasteiger partial charge in [0.1, 0.15) is 0 Å². The maximum Gasteiger partial charge on any atom is 0.309 e. The Hall–Kier alpha value is -1.14. The van der Waals surface area contributed by atoms with E-state index in [0.717, 1.165) is 25.7 Å². The lowest BCUT2D eigenvalue weighted by molar-refractivity contribution is -0.142. The van der Waals surface area contributed by atoms with Gasteiger partial charge in [-0.3, -0.25) is 9.59 Å². The second-order valence-electron chi connectivity index (χ2n) is 9.93. The molecule has 2 aliphatic rings. The smallest absolute Gasteiger partial charge is 0.309 e. The molecule has 0 spiro atoms. The van der Waals surface area contributed by atoms with Gasteiger partial charge in [-0.2, -0.15) is 0 Å². The van der Waals surface area contributed by atoms with Gasteiger partial charge in [0, 0.05) is 0 Å². The maximum absolute atomic E-state index is 12.7. The van der Waals surface area contributed by atoms with Crippen molar-refractivity contribution < 1.29 is 19.8 Å². The minimum absolute atomic E-state index is 0.297. The topological polar surface area (TPSA) is 98.7 Å². The van der Waals surface area contributed by atoms with Crippen LogP contribution in [0, 0.1) is 11.8 Å². The molecule has 2 atom stereocenters. The maximum atomic E-state index is 12.7. The highest BCUT2D eigenvalue weighted by Crippen LogP contribution is 2.36. The van der Waals surface area contributed by atoms with Crippen molar-refractivity contribution in [2.75, 3.05) is 0 Å². The molecule has 0 saturated heterocycles. The molecule has 0 aliphatic heterocycles. The fourth-order valence-corrected chi connectivity index (χ4v) is 4.89. The van der Waals surface area contributed by atoms with Crippen molar-refractivity contribution in [3.8, 4) is 0 Å². The molecule has 0 bridgehead atoms. The Morgan fingerprint density at radius 1 is 0.714 bits per heavy atom. The summed E-state index contributed by atoms with van der Waals surface area (Å²) in [6.07, 6.45) is 7.65. The molecule has 2 saturated carbocycles. The molecular weight excluding hydrogens is 356 g/mol. The first kappa shape index (κ1) is 23.1. The summed E-state index contributed by atoms with van der Waals surface area (Å²) < 4.78 is 0. The Morgan fingerprint density at radius 2 is 1.00 bits per heavy atom. The van der Waals surface area contributed by atoms with E-state index in [1.807, 2.05) is 27.7 Å². The van der Waals surface area contributed by atoms with E-state index in [9.17, 15) is 19.8 Å². The minimum atomic E-state index is -0.929. The zero-order valence-electron chi connectivity index (χ0n) is 18.1. The van der Waals surface area contributed by atoms with Crippen LogP contribution in [-0.2, 0) is 9.59 Å². The standard InChI is InChI=1S/C22H40N2O4/c1-15(2)13-17(21(27)9-5-6-10-21)23-19(25)20(26)24-18(14-16(3)4)22(28)11-7-8-12-22/h15-18,27-28H,5-14H2,1-4H3,(H,23,25)(H,24,26)/t17-,18-/m1/s1. The number of hydrogen-bond acceptors (Lipinski definition) is 4. The van der Waals surface area contributed by atoms with Crippen LogP contribution in [0.2, 0.25) is 0 Å². The summed E-state index contributed by atoms with van der Waals surface area (Å²) in [5.74, 6) is -0.820. The highest BCUT2D eigenvalue weighted by Gasteiger charge is 2.43. The van der Waals surface area contributed by atoms with E-state index >= 15 is 0 Å². The third-order valence-corrected chi connectivity index (χ3v) is 6.47.